The van der Waals surface area contributed by atoms with Gasteiger partial charge in [-0.3, -0.25) is 0 Å². The number of aromatic nitrogens is 1. The third-order valence-corrected chi connectivity index (χ3v) is 2.39. The van der Waals surface area contributed by atoms with Gasteiger partial charge in [-0.2, -0.15) is 0 Å². The van der Waals surface area contributed by atoms with Gasteiger partial charge in [-0.1, -0.05) is 0 Å². The molecular formula is C13H16N2O3. The predicted molar refractivity (Wildman–Crippen MR) is 67.4 cm³/mol. The topological polar surface area (TPSA) is 55.6 Å². The molecular weight excluding hydrogens is 232 g/mol. The number of benzene rings is 1. The zero-order valence-electron chi connectivity index (χ0n) is 10.8. The Kier molecular flexibility index (Phi) is 3.62. The van der Waals surface area contributed by atoms with Crippen LogP contribution in [0.3, 0.4) is 0 Å². The fourth-order valence-corrected chi connectivity index (χ4v) is 1.65. The van der Waals surface area contributed by atoms with Crippen molar-refractivity contribution in [1.82, 2.24) is 9.88 Å². The van der Waals surface area contributed by atoms with Crippen molar-refractivity contribution in [2.45, 2.75) is 13.5 Å². The maximum atomic E-state index is 11.6. The van der Waals surface area contributed by atoms with Crippen LogP contribution in [-0.2, 0) is 11.3 Å². The van der Waals surface area contributed by atoms with E-state index in [4.69, 9.17) is 9.15 Å². The molecule has 0 N–H and O–H groups in total. The zero-order chi connectivity index (χ0) is 13.1. The molecule has 0 saturated heterocycles. The van der Waals surface area contributed by atoms with Gasteiger partial charge in [0.05, 0.1) is 18.7 Å². The van der Waals surface area contributed by atoms with Crippen LogP contribution in [0, 0.1) is 0 Å². The highest BCUT2D eigenvalue weighted by Crippen LogP contribution is 2.18. The minimum atomic E-state index is -0.337. The molecule has 0 saturated carbocycles. The van der Waals surface area contributed by atoms with E-state index < -0.39 is 0 Å². The van der Waals surface area contributed by atoms with Crippen molar-refractivity contribution in [3.8, 4) is 0 Å². The quantitative estimate of drug-likeness (QED) is 0.775. The molecule has 0 aliphatic rings. The summed E-state index contributed by atoms with van der Waals surface area (Å²) < 4.78 is 10.5. The van der Waals surface area contributed by atoms with E-state index in [-0.39, 0.29) is 5.97 Å². The van der Waals surface area contributed by atoms with Crippen LogP contribution in [0.4, 0.5) is 0 Å². The fraction of sp³-hybridized carbons (Fsp3) is 0.385. The molecule has 0 aliphatic carbocycles. The second-order valence-electron chi connectivity index (χ2n) is 4.25. The number of carbonyl (C=O) groups is 1. The van der Waals surface area contributed by atoms with Crippen LogP contribution in [0.2, 0.25) is 0 Å². The number of nitrogens with zero attached hydrogens (tertiary/aromatic N) is 2. The van der Waals surface area contributed by atoms with Crippen molar-refractivity contribution in [2.75, 3.05) is 20.7 Å². The first-order valence-corrected chi connectivity index (χ1v) is 5.81. The van der Waals surface area contributed by atoms with Gasteiger partial charge in [0.15, 0.2) is 5.58 Å². The van der Waals surface area contributed by atoms with Gasteiger partial charge in [0.25, 0.3) is 0 Å². The van der Waals surface area contributed by atoms with Crippen LogP contribution in [0.25, 0.3) is 11.1 Å². The summed E-state index contributed by atoms with van der Waals surface area (Å²) >= 11 is 0. The first-order valence-electron chi connectivity index (χ1n) is 5.81. The molecule has 5 nitrogen and oxygen atoms in total. The van der Waals surface area contributed by atoms with Crippen LogP contribution in [0.1, 0.15) is 23.2 Å². The summed E-state index contributed by atoms with van der Waals surface area (Å²) in [5.74, 6) is 0.299. The predicted octanol–water partition coefficient (Wildman–Crippen LogP) is 2.07. The Morgan fingerprint density at radius 2 is 2.22 bits per heavy atom. The Hall–Kier alpha value is -1.88. The molecule has 1 heterocycles. The smallest absolute Gasteiger partial charge is 0.338 e. The summed E-state index contributed by atoms with van der Waals surface area (Å²) in [5.41, 5.74) is 1.85. The van der Waals surface area contributed by atoms with E-state index in [0.29, 0.717) is 35.7 Å². The third kappa shape index (κ3) is 2.68. The van der Waals surface area contributed by atoms with Gasteiger partial charge in [0.1, 0.15) is 5.52 Å². The third-order valence-electron chi connectivity index (χ3n) is 2.39. The maximum absolute atomic E-state index is 11.6. The highest BCUT2D eigenvalue weighted by molar-refractivity contribution is 5.93. The largest absolute Gasteiger partial charge is 0.462 e. The van der Waals surface area contributed by atoms with Crippen LogP contribution in [0.5, 0.6) is 0 Å². The average molecular weight is 248 g/mol. The number of hydrogen-bond acceptors (Lipinski definition) is 5. The SMILES string of the molecule is CCOC(=O)c1ccc2oc(CN(C)C)nc2c1. The number of esters is 1. The standard InChI is InChI=1S/C13H16N2O3/c1-4-17-13(16)9-5-6-11-10(7-9)14-12(18-11)8-15(2)3/h5-7H,4,8H2,1-3H3. The van der Waals surface area contributed by atoms with Crippen molar-refractivity contribution < 1.29 is 13.9 Å². The van der Waals surface area contributed by atoms with Crippen LogP contribution in [0.15, 0.2) is 22.6 Å². The maximum Gasteiger partial charge on any atom is 0.338 e. The normalized spacial score (nSPS) is 11.1. The highest BCUT2D eigenvalue weighted by atomic mass is 16.5. The number of fused-ring (bicyclic) bond motifs is 1. The van der Waals surface area contributed by atoms with E-state index in [9.17, 15) is 4.79 Å². The second-order valence-corrected chi connectivity index (χ2v) is 4.25. The van der Waals surface area contributed by atoms with E-state index in [2.05, 4.69) is 4.98 Å². The first-order chi connectivity index (χ1) is 8.60. The number of hydrogen-bond donors (Lipinski definition) is 0. The van der Waals surface area contributed by atoms with Gasteiger partial charge in [-0.15, -0.1) is 0 Å². The number of carbonyl (C=O) groups excluding carboxylic acids is 1. The Bertz CT molecular complexity index is 560. The first kappa shape index (κ1) is 12.6. The van der Waals surface area contributed by atoms with Crippen LogP contribution < -0.4 is 0 Å². The molecule has 0 atom stereocenters. The van der Waals surface area contributed by atoms with E-state index >= 15 is 0 Å². The monoisotopic (exact) mass is 248 g/mol. The van der Waals surface area contributed by atoms with Crippen molar-refractivity contribution in [3.05, 3.63) is 29.7 Å². The molecule has 0 fully saturated rings. The van der Waals surface area contributed by atoms with Gasteiger partial charge in [0, 0.05) is 0 Å². The molecule has 1 aromatic heterocycles. The Labute approximate surface area is 105 Å². The molecule has 0 unspecified atom stereocenters. The van der Waals surface area contributed by atoms with Gasteiger partial charge in [0.2, 0.25) is 5.89 Å². The number of oxazole rings is 1. The fourth-order valence-electron chi connectivity index (χ4n) is 1.65. The lowest BCUT2D eigenvalue weighted by atomic mass is 10.2. The summed E-state index contributed by atoms with van der Waals surface area (Å²) in [6, 6.07) is 5.12. The molecule has 2 aromatic rings. The van der Waals surface area contributed by atoms with Gasteiger partial charge in [-0.05, 0) is 39.2 Å². The zero-order valence-corrected chi connectivity index (χ0v) is 10.8. The summed E-state index contributed by atoms with van der Waals surface area (Å²) in [6.45, 7) is 2.77. The Morgan fingerprint density at radius 3 is 2.89 bits per heavy atom. The molecule has 0 spiro atoms. The second kappa shape index (κ2) is 5.18. The molecule has 2 rings (SSSR count). The molecule has 0 bridgehead atoms. The van der Waals surface area contributed by atoms with Gasteiger partial charge in [-0.25, -0.2) is 9.78 Å². The lowest BCUT2D eigenvalue weighted by molar-refractivity contribution is 0.0526. The van der Waals surface area contributed by atoms with Crippen molar-refractivity contribution in [3.63, 3.8) is 0 Å². The minimum Gasteiger partial charge on any atom is -0.462 e. The average Bonchev–Trinajstić information content (AvgIpc) is 2.69. The molecule has 0 aliphatic heterocycles. The molecule has 0 radical (unpaired) electrons. The Balaban J connectivity index is 2.30. The number of ether oxygens (including phenoxy) is 1. The summed E-state index contributed by atoms with van der Waals surface area (Å²) in [5, 5.41) is 0. The van der Waals surface area contributed by atoms with Crippen LogP contribution >= 0.6 is 0 Å². The molecule has 1 aromatic carbocycles. The molecule has 0 amide bonds. The van der Waals surface area contributed by atoms with Crippen molar-refractivity contribution in [2.24, 2.45) is 0 Å². The Morgan fingerprint density at radius 1 is 1.44 bits per heavy atom. The van der Waals surface area contributed by atoms with E-state index in [1.807, 2.05) is 19.0 Å². The number of rotatable bonds is 4. The summed E-state index contributed by atoms with van der Waals surface area (Å²) in [4.78, 5) is 17.9. The van der Waals surface area contributed by atoms with Crippen molar-refractivity contribution >= 4 is 17.1 Å². The van der Waals surface area contributed by atoms with Crippen LogP contribution in [-0.4, -0.2) is 36.6 Å². The molecule has 5 heteroatoms. The summed E-state index contributed by atoms with van der Waals surface area (Å²) in [6.07, 6.45) is 0. The molecule has 96 valence electrons. The highest BCUT2D eigenvalue weighted by Gasteiger charge is 2.11. The lowest BCUT2D eigenvalue weighted by Gasteiger charge is -2.03. The minimum absolute atomic E-state index is 0.337. The lowest BCUT2D eigenvalue weighted by Crippen LogP contribution is -2.10. The van der Waals surface area contributed by atoms with Gasteiger partial charge >= 0.3 is 5.97 Å². The van der Waals surface area contributed by atoms with E-state index in [1.165, 1.54) is 0 Å². The summed E-state index contributed by atoms with van der Waals surface area (Å²) in [7, 11) is 3.89. The van der Waals surface area contributed by atoms with Gasteiger partial charge < -0.3 is 14.1 Å². The van der Waals surface area contributed by atoms with E-state index in [1.54, 1.807) is 25.1 Å². The van der Waals surface area contributed by atoms with Crippen molar-refractivity contribution in [1.29, 1.82) is 0 Å². The van der Waals surface area contributed by atoms with E-state index in [0.717, 1.165) is 0 Å². The molecule has 18 heavy (non-hydrogen) atoms.